The Labute approximate surface area is 148 Å². The SMILES string of the molecule is CC(C)(C(=O)N1CCN(C(=O)c2ccccn2)CC1)c1ccccc1. The Kier molecular flexibility index (Phi) is 4.83. The molecule has 0 N–H and O–H groups in total. The molecule has 1 aliphatic rings. The highest BCUT2D eigenvalue weighted by Gasteiger charge is 2.35. The normalized spacial score (nSPS) is 15.1. The van der Waals surface area contributed by atoms with E-state index in [0.717, 1.165) is 5.56 Å². The molecule has 5 heteroatoms. The summed E-state index contributed by atoms with van der Waals surface area (Å²) in [4.78, 5) is 33.2. The van der Waals surface area contributed by atoms with Crippen LogP contribution in [0.25, 0.3) is 0 Å². The molecular formula is C20H23N3O2. The molecule has 25 heavy (non-hydrogen) atoms. The van der Waals surface area contributed by atoms with E-state index in [9.17, 15) is 9.59 Å². The molecule has 0 saturated carbocycles. The topological polar surface area (TPSA) is 53.5 Å². The van der Waals surface area contributed by atoms with E-state index in [1.807, 2.05) is 55.1 Å². The Morgan fingerprint density at radius 1 is 0.880 bits per heavy atom. The molecule has 1 fully saturated rings. The lowest BCUT2D eigenvalue weighted by Crippen LogP contribution is -2.54. The van der Waals surface area contributed by atoms with Crippen LogP contribution in [0.4, 0.5) is 0 Å². The minimum Gasteiger partial charge on any atom is -0.338 e. The van der Waals surface area contributed by atoms with Gasteiger partial charge >= 0.3 is 0 Å². The number of amides is 2. The van der Waals surface area contributed by atoms with Crippen molar-refractivity contribution in [2.45, 2.75) is 19.3 Å². The zero-order valence-corrected chi connectivity index (χ0v) is 14.7. The van der Waals surface area contributed by atoms with Gasteiger partial charge in [-0.1, -0.05) is 36.4 Å². The molecule has 0 atom stereocenters. The van der Waals surface area contributed by atoms with E-state index >= 15 is 0 Å². The molecular weight excluding hydrogens is 314 g/mol. The highest BCUT2D eigenvalue weighted by atomic mass is 16.2. The Balaban J connectivity index is 1.64. The van der Waals surface area contributed by atoms with Crippen molar-refractivity contribution in [3.8, 4) is 0 Å². The third-order valence-electron chi connectivity index (χ3n) is 4.77. The highest BCUT2D eigenvalue weighted by Crippen LogP contribution is 2.26. The van der Waals surface area contributed by atoms with Crippen LogP contribution >= 0.6 is 0 Å². The van der Waals surface area contributed by atoms with E-state index in [1.54, 1.807) is 23.2 Å². The summed E-state index contributed by atoms with van der Waals surface area (Å²) in [5.74, 6) is 0.0265. The maximum absolute atomic E-state index is 13.0. The van der Waals surface area contributed by atoms with Crippen molar-refractivity contribution in [3.05, 3.63) is 66.0 Å². The number of piperazine rings is 1. The summed E-state index contributed by atoms with van der Waals surface area (Å²) in [6, 6.07) is 15.1. The number of pyridine rings is 1. The first-order valence-corrected chi connectivity index (χ1v) is 8.55. The summed E-state index contributed by atoms with van der Waals surface area (Å²) in [5.41, 5.74) is 0.882. The molecule has 2 aromatic rings. The Hall–Kier alpha value is -2.69. The molecule has 1 aliphatic heterocycles. The molecule has 2 amide bonds. The van der Waals surface area contributed by atoms with Gasteiger partial charge in [-0.25, -0.2) is 0 Å². The third kappa shape index (κ3) is 3.55. The molecule has 130 valence electrons. The van der Waals surface area contributed by atoms with Crippen LogP contribution in [0.3, 0.4) is 0 Å². The van der Waals surface area contributed by atoms with Gasteiger partial charge < -0.3 is 9.80 Å². The fraction of sp³-hybridized carbons (Fsp3) is 0.350. The van der Waals surface area contributed by atoms with Crippen molar-refractivity contribution in [1.82, 2.24) is 14.8 Å². The van der Waals surface area contributed by atoms with E-state index in [2.05, 4.69) is 4.98 Å². The monoisotopic (exact) mass is 337 g/mol. The number of hydrogen-bond acceptors (Lipinski definition) is 3. The number of nitrogens with zero attached hydrogens (tertiary/aromatic N) is 3. The van der Waals surface area contributed by atoms with Gasteiger partial charge in [0, 0.05) is 32.4 Å². The molecule has 1 aromatic heterocycles. The van der Waals surface area contributed by atoms with Crippen LogP contribution in [-0.2, 0) is 10.2 Å². The van der Waals surface area contributed by atoms with Crippen molar-refractivity contribution < 1.29 is 9.59 Å². The van der Waals surface area contributed by atoms with E-state index in [-0.39, 0.29) is 11.8 Å². The first kappa shape index (κ1) is 17.1. The minimum absolute atomic E-state index is 0.0741. The second-order valence-corrected chi connectivity index (χ2v) is 6.79. The summed E-state index contributed by atoms with van der Waals surface area (Å²) in [6.07, 6.45) is 1.62. The van der Waals surface area contributed by atoms with Crippen LogP contribution in [0, 0.1) is 0 Å². The van der Waals surface area contributed by atoms with Gasteiger partial charge in [-0.05, 0) is 31.5 Å². The van der Waals surface area contributed by atoms with Crippen LogP contribution in [0.15, 0.2) is 54.7 Å². The van der Waals surface area contributed by atoms with Crippen LogP contribution in [-0.4, -0.2) is 52.8 Å². The lowest BCUT2D eigenvalue weighted by atomic mass is 9.83. The predicted molar refractivity (Wildman–Crippen MR) is 96.2 cm³/mol. The summed E-state index contributed by atoms with van der Waals surface area (Å²) < 4.78 is 0. The van der Waals surface area contributed by atoms with Crippen molar-refractivity contribution in [2.75, 3.05) is 26.2 Å². The molecule has 0 bridgehead atoms. The molecule has 0 spiro atoms. The van der Waals surface area contributed by atoms with Gasteiger partial charge in [0.2, 0.25) is 5.91 Å². The molecule has 0 unspecified atom stereocenters. The predicted octanol–water partition coefficient (Wildman–Crippen LogP) is 2.34. The van der Waals surface area contributed by atoms with Crippen LogP contribution in [0.2, 0.25) is 0 Å². The van der Waals surface area contributed by atoms with Crippen molar-refractivity contribution in [1.29, 1.82) is 0 Å². The highest BCUT2D eigenvalue weighted by molar-refractivity contribution is 5.92. The van der Waals surface area contributed by atoms with Gasteiger partial charge in [0.1, 0.15) is 5.69 Å². The Morgan fingerprint density at radius 2 is 1.48 bits per heavy atom. The fourth-order valence-electron chi connectivity index (χ4n) is 3.14. The van der Waals surface area contributed by atoms with Gasteiger partial charge in [-0.3, -0.25) is 14.6 Å². The number of carbonyl (C=O) groups excluding carboxylic acids is 2. The van der Waals surface area contributed by atoms with Crippen LogP contribution in [0.1, 0.15) is 29.9 Å². The molecule has 2 heterocycles. The fourth-order valence-corrected chi connectivity index (χ4v) is 3.14. The van der Waals surface area contributed by atoms with E-state index < -0.39 is 5.41 Å². The molecule has 1 saturated heterocycles. The second-order valence-electron chi connectivity index (χ2n) is 6.79. The Morgan fingerprint density at radius 3 is 2.08 bits per heavy atom. The number of hydrogen-bond donors (Lipinski definition) is 0. The minimum atomic E-state index is -0.575. The number of carbonyl (C=O) groups is 2. The van der Waals surface area contributed by atoms with Gasteiger partial charge in [0.05, 0.1) is 5.41 Å². The van der Waals surface area contributed by atoms with Crippen molar-refractivity contribution in [2.24, 2.45) is 0 Å². The first-order chi connectivity index (χ1) is 12.0. The average molecular weight is 337 g/mol. The Bertz CT molecular complexity index is 736. The lowest BCUT2D eigenvalue weighted by molar-refractivity contribution is -0.137. The number of aromatic nitrogens is 1. The van der Waals surface area contributed by atoms with Crippen molar-refractivity contribution >= 4 is 11.8 Å². The maximum atomic E-state index is 13.0. The third-order valence-corrected chi connectivity index (χ3v) is 4.77. The van der Waals surface area contributed by atoms with Gasteiger partial charge in [0.15, 0.2) is 0 Å². The quantitative estimate of drug-likeness (QED) is 0.864. The summed E-state index contributed by atoms with van der Waals surface area (Å²) in [5, 5.41) is 0. The van der Waals surface area contributed by atoms with E-state index in [1.165, 1.54) is 0 Å². The molecule has 0 aliphatic carbocycles. The van der Waals surface area contributed by atoms with Gasteiger partial charge in [0.25, 0.3) is 5.91 Å². The number of rotatable bonds is 3. The van der Waals surface area contributed by atoms with E-state index in [4.69, 9.17) is 0 Å². The van der Waals surface area contributed by atoms with E-state index in [0.29, 0.717) is 31.9 Å². The molecule has 5 nitrogen and oxygen atoms in total. The zero-order chi connectivity index (χ0) is 17.9. The van der Waals surface area contributed by atoms with Gasteiger partial charge in [-0.15, -0.1) is 0 Å². The average Bonchev–Trinajstić information content (AvgIpc) is 2.68. The van der Waals surface area contributed by atoms with Crippen molar-refractivity contribution in [3.63, 3.8) is 0 Å². The van der Waals surface area contributed by atoms with Crippen LogP contribution < -0.4 is 0 Å². The zero-order valence-electron chi connectivity index (χ0n) is 14.7. The summed E-state index contributed by atoms with van der Waals surface area (Å²) in [7, 11) is 0. The first-order valence-electron chi connectivity index (χ1n) is 8.55. The summed E-state index contributed by atoms with van der Waals surface area (Å²) in [6.45, 7) is 6.07. The van der Waals surface area contributed by atoms with Crippen LogP contribution in [0.5, 0.6) is 0 Å². The largest absolute Gasteiger partial charge is 0.338 e. The molecule has 1 aromatic carbocycles. The number of benzene rings is 1. The second kappa shape index (κ2) is 7.05. The lowest BCUT2D eigenvalue weighted by Gasteiger charge is -2.38. The molecule has 3 rings (SSSR count). The standard InChI is InChI=1S/C20H23N3O2/c1-20(2,16-8-4-3-5-9-16)19(25)23-14-12-22(13-15-23)18(24)17-10-6-7-11-21-17/h3-11H,12-15H2,1-2H3. The smallest absolute Gasteiger partial charge is 0.272 e. The van der Waals surface area contributed by atoms with Gasteiger partial charge in [-0.2, -0.15) is 0 Å². The maximum Gasteiger partial charge on any atom is 0.272 e. The summed E-state index contributed by atoms with van der Waals surface area (Å²) >= 11 is 0. The molecule has 0 radical (unpaired) electrons.